The molecule has 1 aliphatic carbocycles. The topological polar surface area (TPSA) is 68.5 Å². The normalized spacial score (nSPS) is 16.9. The highest BCUT2D eigenvalue weighted by molar-refractivity contribution is 5.88. The van der Waals surface area contributed by atoms with Crippen LogP contribution in [0, 0.1) is 0 Å². The van der Waals surface area contributed by atoms with E-state index in [1.54, 1.807) is 13.1 Å². The van der Waals surface area contributed by atoms with Gasteiger partial charge in [-0.3, -0.25) is 4.79 Å². The molecule has 0 atom stereocenters. The minimum absolute atomic E-state index is 0. The molecule has 0 aromatic carbocycles. The Bertz CT molecular complexity index is 529. The number of rotatable bonds is 4. The molecule has 5 heteroatoms. The van der Waals surface area contributed by atoms with Crippen molar-refractivity contribution in [2.24, 2.45) is 0 Å². The maximum Gasteiger partial charge on any atom is 0.343 e. The molecule has 21 heavy (non-hydrogen) atoms. The number of ether oxygens (including phenoxy) is 1. The second-order valence-electron chi connectivity index (χ2n) is 5.29. The van der Waals surface area contributed by atoms with Gasteiger partial charge in [-0.2, -0.15) is 0 Å². The quantitative estimate of drug-likeness (QED) is 0.866. The van der Waals surface area contributed by atoms with Crippen LogP contribution in [0.5, 0.6) is 0 Å². The molecule has 5 nitrogen and oxygen atoms in total. The van der Waals surface area contributed by atoms with E-state index in [0.717, 1.165) is 32.1 Å². The van der Waals surface area contributed by atoms with Gasteiger partial charge in [-0.05, 0) is 19.8 Å². The van der Waals surface area contributed by atoms with Crippen molar-refractivity contribution in [2.75, 3.05) is 13.2 Å². The summed E-state index contributed by atoms with van der Waals surface area (Å²) in [6.45, 7) is 1.95. The van der Waals surface area contributed by atoms with Crippen LogP contribution < -0.4 is 5.43 Å². The molecule has 118 valence electrons. The van der Waals surface area contributed by atoms with Gasteiger partial charge >= 0.3 is 5.97 Å². The van der Waals surface area contributed by atoms with Gasteiger partial charge in [0.05, 0.1) is 18.8 Å². The molecule has 0 aliphatic heterocycles. The number of hydrogen-bond donors (Lipinski definition) is 1. The highest BCUT2D eigenvalue weighted by Gasteiger charge is 2.33. The third-order valence-electron chi connectivity index (χ3n) is 4.04. The van der Waals surface area contributed by atoms with Crippen molar-refractivity contribution in [2.45, 2.75) is 52.0 Å². The Morgan fingerprint density at radius 3 is 2.62 bits per heavy atom. The van der Waals surface area contributed by atoms with Crippen LogP contribution in [0.1, 0.15) is 56.8 Å². The fourth-order valence-electron chi connectivity index (χ4n) is 2.85. The van der Waals surface area contributed by atoms with E-state index in [0.29, 0.717) is 0 Å². The van der Waals surface area contributed by atoms with E-state index >= 15 is 0 Å². The number of nitrogens with zero attached hydrogens (tertiary/aromatic N) is 1. The first kappa shape index (κ1) is 17.4. The van der Waals surface area contributed by atoms with Gasteiger partial charge in [0, 0.05) is 18.5 Å². The summed E-state index contributed by atoms with van der Waals surface area (Å²) < 4.78 is 6.72. The second kappa shape index (κ2) is 7.41. The summed E-state index contributed by atoms with van der Waals surface area (Å²) in [6.07, 6.45) is 8.15. The van der Waals surface area contributed by atoms with E-state index in [-0.39, 0.29) is 31.6 Å². The van der Waals surface area contributed by atoms with E-state index in [9.17, 15) is 14.7 Å². The zero-order valence-electron chi connectivity index (χ0n) is 11.8. The monoisotopic (exact) mass is 295 g/mol. The SMILES string of the molecule is C.CCOC(=O)c1cn(C2(CO)CCCCC2)ccc1=O. The number of carbonyl (C=O) groups excluding carboxylic acids is 1. The number of esters is 1. The Hall–Kier alpha value is -1.62. The third kappa shape index (κ3) is 3.53. The first-order valence-corrected chi connectivity index (χ1v) is 7.14. The molecule has 0 bridgehead atoms. The number of pyridine rings is 1. The maximum atomic E-state index is 11.8. The predicted molar refractivity (Wildman–Crippen MR) is 81.5 cm³/mol. The minimum atomic E-state index is -0.601. The summed E-state index contributed by atoms with van der Waals surface area (Å²) in [7, 11) is 0. The Kier molecular flexibility index (Phi) is 6.15. The van der Waals surface area contributed by atoms with Crippen LogP contribution in [0.15, 0.2) is 23.3 Å². The molecule has 1 heterocycles. The van der Waals surface area contributed by atoms with Crippen LogP contribution in [-0.2, 0) is 10.3 Å². The van der Waals surface area contributed by atoms with Crippen molar-refractivity contribution < 1.29 is 14.6 Å². The fraction of sp³-hybridized carbons (Fsp3) is 0.625. The first-order valence-electron chi connectivity index (χ1n) is 7.14. The van der Waals surface area contributed by atoms with Crippen molar-refractivity contribution >= 4 is 5.97 Å². The second-order valence-corrected chi connectivity index (χ2v) is 5.29. The van der Waals surface area contributed by atoms with Crippen molar-refractivity contribution in [1.82, 2.24) is 4.57 Å². The summed E-state index contributed by atoms with van der Waals surface area (Å²) in [6, 6.07) is 1.37. The molecule has 1 N–H and O–H groups in total. The van der Waals surface area contributed by atoms with Gasteiger partial charge in [-0.25, -0.2) is 4.79 Å². The van der Waals surface area contributed by atoms with Crippen molar-refractivity contribution in [3.63, 3.8) is 0 Å². The molecule has 2 rings (SSSR count). The fourth-order valence-corrected chi connectivity index (χ4v) is 2.85. The number of hydrogen-bond acceptors (Lipinski definition) is 4. The highest BCUT2D eigenvalue weighted by Crippen LogP contribution is 2.34. The van der Waals surface area contributed by atoms with Gasteiger partial charge in [0.1, 0.15) is 5.56 Å². The Labute approximate surface area is 125 Å². The molecule has 0 radical (unpaired) electrons. The molecule has 1 aromatic heterocycles. The Morgan fingerprint density at radius 2 is 2.05 bits per heavy atom. The van der Waals surface area contributed by atoms with Crippen LogP contribution in [0.4, 0.5) is 0 Å². The van der Waals surface area contributed by atoms with Crippen LogP contribution in [0.2, 0.25) is 0 Å². The van der Waals surface area contributed by atoms with E-state index in [1.165, 1.54) is 12.3 Å². The van der Waals surface area contributed by atoms with E-state index in [4.69, 9.17) is 4.74 Å². The molecule has 0 spiro atoms. The highest BCUT2D eigenvalue weighted by atomic mass is 16.5. The van der Waals surface area contributed by atoms with Crippen LogP contribution in [-0.4, -0.2) is 28.9 Å². The van der Waals surface area contributed by atoms with Crippen molar-refractivity contribution in [1.29, 1.82) is 0 Å². The van der Waals surface area contributed by atoms with Crippen LogP contribution in [0.25, 0.3) is 0 Å². The molecule has 0 amide bonds. The van der Waals surface area contributed by atoms with Gasteiger partial charge in [-0.15, -0.1) is 0 Å². The lowest BCUT2D eigenvalue weighted by atomic mass is 9.82. The Balaban J connectivity index is 0.00000220. The summed E-state index contributed by atoms with van der Waals surface area (Å²) in [5.41, 5.74) is -0.705. The van der Waals surface area contributed by atoms with E-state index in [1.807, 2.05) is 4.57 Å². The van der Waals surface area contributed by atoms with Crippen molar-refractivity contribution in [3.05, 3.63) is 34.2 Å². The minimum Gasteiger partial charge on any atom is -0.462 e. The molecule has 1 saturated carbocycles. The largest absolute Gasteiger partial charge is 0.462 e. The average Bonchev–Trinajstić information content (AvgIpc) is 2.48. The van der Waals surface area contributed by atoms with Gasteiger partial charge < -0.3 is 14.4 Å². The van der Waals surface area contributed by atoms with Gasteiger partial charge in [0.25, 0.3) is 0 Å². The summed E-state index contributed by atoms with van der Waals surface area (Å²) in [5, 5.41) is 9.78. The van der Waals surface area contributed by atoms with Crippen LogP contribution >= 0.6 is 0 Å². The molecule has 0 unspecified atom stereocenters. The molecule has 1 aliphatic rings. The summed E-state index contributed by atoms with van der Waals surface area (Å²) >= 11 is 0. The summed E-state index contributed by atoms with van der Waals surface area (Å²) in [4.78, 5) is 23.6. The molecular weight excluding hydrogens is 270 g/mol. The lowest BCUT2D eigenvalue weighted by Gasteiger charge is -2.38. The first-order chi connectivity index (χ1) is 9.63. The number of aliphatic hydroxyl groups is 1. The number of carbonyl (C=O) groups is 1. The number of aliphatic hydroxyl groups excluding tert-OH is 1. The lowest BCUT2D eigenvalue weighted by molar-refractivity contribution is 0.0518. The molecule has 1 aromatic rings. The molecule has 0 saturated heterocycles. The Morgan fingerprint density at radius 1 is 1.38 bits per heavy atom. The third-order valence-corrected chi connectivity index (χ3v) is 4.04. The van der Waals surface area contributed by atoms with Gasteiger partial charge in [-0.1, -0.05) is 26.7 Å². The standard InChI is InChI=1S/C15H21NO4.CH4/c1-2-20-14(19)12-10-16(9-6-13(12)18)15(11-17)7-4-3-5-8-15;/h6,9-10,17H,2-5,7-8,11H2,1H3;1H4. The maximum absolute atomic E-state index is 11.8. The molecule has 1 fully saturated rings. The van der Waals surface area contributed by atoms with E-state index in [2.05, 4.69) is 0 Å². The van der Waals surface area contributed by atoms with Crippen molar-refractivity contribution in [3.8, 4) is 0 Å². The lowest BCUT2D eigenvalue weighted by Crippen LogP contribution is -2.40. The zero-order valence-corrected chi connectivity index (χ0v) is 11.8. The smallest absolute Gasteiger partial charge is 0.343 e. The number of aromatic nitrogens is 1. The van der Waals surface area contributed by atoms with E-state index < -0.39 is 11.5 Å². The molecular formula is C16H25NO4. The zero-order chi connectivity index (χ0) is 14.6. The van der Waals surface area contributed by atoms with Gasteiger partial charge in [0.2, 0.25) is 0 Å². The summed E-state index contributed by atoms with van der Waals surface area (Å²) in [5.74, 6) is -0.601. The predicted octanol–water partition coefficient (Wildman–Crippen LogP) is 2.31. The van der Waals surface area contributed by atoms with Crippen LogP contribution in [0.3, 0.4) is 0 Å². The average molecular weight is 295 g/mol. The van der Waals surface area contributed by atoms with Gasteiger partial charge in [0.15, 0.2) is 5.43 Å².